The molecule has 0 radical (unpaired) electrons. The molecule has 0 aliphatic rings. The zero-order valence-corrected chi connectivity index (χ0v) is 16.4. The molecular formula is C22H19BrN4. The molecule has 0 fully saturated rings. The highest BCUT2D eigenvalue weighted by atomic mass is 79.9. The third-order valence-corrected chi connectivity index (χ3v) is 4.89. The fourth-order valence-corrected chi connectivity index (χ4v) is 3.20. The number of aromatic nitrogens is 2. The van der Waals surface area contributed by atoms with Crippen LogP contribution in [0, 0.1) is 0 Å². The van der Waals surface area contributed by atoms with Gasteiger partial charge in [0.15, 0.2) is 0 Å². The highest BCUT2D eigenvalue weighted by molar-refractivity contribution is 9.10. The van der Waals surface area contributed by atoms with E-state index < -0.39 is 0 Å². The Kier molecular flexibility index (Phi) is 5.03. The smallest absolute Gasteiger partial charge is 0.229 e. The van der Waals surface area contributed by atoms with Crippen LogP contribution >= 0.6 is 15.9 Å². The Morgan fingerprint density at radius 1 is 0.815 bits per heavy atom. The number of nitrogens with zero attached hydrogens (tertiary/aromatic N) is 2. The lowest BCUT2D eigenvalue weighted by Gasteiger charge is -2.17. The minimum Gasteiger partial charge on any atom is -0.363 e. The first-order chi connectivity index (χ1) is 13.2. The highest BCUT2D eigenvalue weighted by Crippen LogP contribution is 2.27. The van der Waals surface area contributed by atoms with Crippen molar-refractivity contribution in [2.24, 2.45) is 0 Å². The van der Waals surface area contributed by atoms with Crippen LogP contribution in [-0.2, 0) is 0 Å². The van der Waals surface area contributed by atoms with Crippen LogP contribution < -0.4 is 10.6 Å². The van der Waals surface area contributed by atoms with Gasteiger partial charge in [-0.1, -0.05) is 58.4 Å². The molecular weight excluding hydrogens is 400 g/mol. The van der Waals surface area contributed by atoms with E-state index in [2.05, 4.69) is 50.6 Å². The second-order valence-corrected chi connectivity index (χ2v) is 7.24. The van der Waals surface area contributed by atoms with Crippen molar-refractivity contribution in [1.29, 1.82) is 0 Å². The Balaban J connectivity index is 1.69. The van der Waals surface area contributed by atoms with E-state index in [4.69, 9.17) is 4.98 Å². The maximum atomic E-state index is 4.74. The Hall–Kier alpha value is -2.92. The molecule has 27 heavy (non-hydrogen) atoms. The summed E-state index contributed by atoms with van der Waals surface area (Å²) in [6.07, 6.45) is 0. The third-order valence-electron chi connectivity index (χ3n) is 4.36. The van der Waals surface area contributed by atoms with Crippen LogP contribution in [-0.4, -0.2) is 9.97 Å². The normalized spacial score (nSPS) is 11.9. The van der Waals surface area contributed by atoms with Gasteiger partial charge in [-0.2, -0.15) is 4.98 Å². The van der Waals surface area contributed by atoms with Crippen molar-refractivity contribution in [2.45, 2.75) is 13.0 Å². The van der Waals surface area contributed by atoms with Crippen molar-refractivity contribution in [3.8, 4) is 0 Å². The molecule has 5 heteroatoms. The topological polar surface area (TPSA) is 49.8 Å². The number of hydrogen-bond donors (Lipinski definition) is 2. The van der Waals surface area contributed by atoms with Gasteiger partial charge in [0.25, 0.3) is 0 Å². The minimum absolute atomic E-state index is 0.130. The number of benzene rings is 3. The van der Waals surface area contributed by atoms with Gasteiger partial charge in [0, 0.05) is 21.6 Å². The maximum Gasteiger partial charge on any atom is 0.229 e. The minimum atomic E-state index is 0.130. The van der Waals surface area contributed by atoms with Crippen molar-refractivity contribution in [3.63, 3.8) is 0 Å². The molecule has 1 unspecified atom stereocenters. The molecule has 3 aromatic carbocycles. The fraction of sp³-hybridized carbons (Fsp3) is 0.0909. The second kappa shape index (κ2) is 7.76. The maximum absolute atomic E-state index is 4.74. The SMILES string of the molecule is CC(Nc1nc(Nc2ccc(Br)cc2)nc2ccccc12)c1ccccc1. The van der Waals surface area contributed by atoms with Crippen molar-refractivity contribution in [2.75, 3.05) is 10.6 Å². The summed E-state index contributed by atoms with van der Waals surface area (Å²) in [6.45, 7) is 2.13. The van der Waals surface area contributed by atoms with E-state index in [1.54, 1.807) is 0 Å². The summed E-state index contributed by atoms with van der Waals surface area (Å²) in [5.74, 6) is 1.38. The summed E-state index contributed by atoms with van der Waals surface area (Å²) in [6, 6.07) is 26.5. The average molecular weight is 419 g/mol. The molecule has 0 saturated carbocycles. The van der Waals surface area contributed by atoms with Crippen LogP contribution in [0.2, 0.25) is 0 Å². The molecule has 0 amide bonds. The number of nitrogens with one attached hydrogen (secondary N) is 2. The summed E-state index contributed by atoms with van der Waals surface area (Å²) in [7, 11) is 0. The number of hydrogen-bond acceptors (Lipinski definition) is 4. The largest absolute Gasteiger partial charge is 0.363 e. The van der Waals surface area contributed by atoms with E-state index in [9.17, 15) is 0 Å². The van der Waals surface area contributed by atoms with Crippen LogP contribution in [0.4, 0.5) is 17.5 Å². The quantitative estimate of drug-likeness (QED) is 0.398. The van der Waals surface area contributed by atoms with E-state index in [0.29, 0.717) is 5.95 Å². The molecule has 4 nitrogen and oxygen atoms in total. The lowest BCUT2D eigenvalue weighted by atomic mass is 10.1. The lowest BCUT2D eigenvalue weighted by molar-refractivity contribution is 0.876. The molecule has 4 rings (SSSR count). The molecule has 0 bridgehead atoms. The average Bonchev–Trinajstić information content (AvgIpc) is 2.70. The lowest BCUT2D eigenvalue weighted by Crippen LogP contribution is -2.10. The zero-order valence-electron chi connectivity index (χ0n) is 14.9. The standard InChI is InChI=1S/C22H19BrN4/c1-15(16-7-3-2-4-8-16)24-21-19-9-5-6-10-20(19)26-22(27-21)25-18-13-11-17(23)12-14-18/h2-15H,1H3,(H2,24,25,26,27). The molecule has 4 aromatic rings. The van der Waals surface area contributed by atoms with E-state index in [1.807, 2.05) is 66.7 Å². The van der Waals surface area contributed by atoms with Crippen molar-refractivity contribution in [1.82, 2.24) is 9.97 Å². The summed E-state index contributed by atoms with van der Waals surface area (Å²) >= 11 is 3.46. The van der Waals surface area contributed by atoms with Crippen LogP contribution in [0.5, 0.6) is 0 Å². The molecule has 0 spiro atoms. The molecule has 0 aliphatic heterocycles. The number of halogens is 1. The fourth-order valence-electron chi connectivity index (χ4n) is 2.93. The van der Waals surface area contributed by atoms with Gasteiger partial charge < -0.3 is 10.6 Å². The van der Waals surface area contributed by atoms with E-state index >= 15 is 0 Å². The molecule has 2 N–H and O–H groups in total. The van der Waals surface area contributed by atoms with Crippen LogP contribution in [0.25, 0.3) is 10.9 Å². The molecule has 1 heterocycles. The number of anilines is 3. The predicted molar refractivity (Wildman–Crippen MR) is 115 cm³/mol. The summed E-state index contributed by atoms with van der Waals surface area (Å²) < 4.78 is 1.03. The van der Waals surface area contributed by atoms with Gasteiger partial charge in [-0.25, -0.2) is 4.98 Å². The van der Waals surface area contributed by atoms with Crippen LogP contribution in [0.15, 0.2) is 83.3 Å². The van der Waals surface area contributed by atoms with Gasteiger partial charge in [0.05, 0.1) is 5.52 Å². The monoisotopic (exact) mass is 418 g/mol. The first kappa shape index (κ1) is 17.5. The van der Waals surface area contributed by atoms with Gasteiger partial charge >= 0.3 is 0 Å². The van der Waals surface area contributed by atoms with Gasteiger partial charge in [0.1, 0.15) is 5.82 Å². The van der Waals surface area contributed by atoms with E-state index in [0.717, 1.165) is 26.9 Å². The molecule has 0 saturated heterocycles. The second-order valence-electron chi connectivity index (χ2n) is 6.32. The molecule has 0 aliphatic carbocycles. The number of para-hydroxylation sites is 1. The van der Waals surface area contributed by atoms with Gasteiger partial charge in [-0.05, 0) is 48.9 Å². The van der Waals surface area contributed by atoms with Crippen LogP contribution in [0.1, 0.15) is 18.5 Å². The summed E-state index contributed by atoms with van der Waals surface area (Å²) in [5.41, 5.74) is 3.05. The van der Waals surface area contributed by atoms with E-state index in [-0.39, 0.29) is 6.04 Å². The van der Waals surface area contributed by atoms with Gasteiger partial charge in [-0.3, -0.25) is 0 Å². The van der Waals surface area contributed by atoms with E-state index in [1.165, 1.54) is 5.56 Å². The predicted octanol–water partition coefficient (Wildman–Crippen LogP) is 6.31. The van der Waals surface area contributed by atoms with Crippen LogP contribution in [0.3, 0.4) is 0 Å². The first-order valence-corrected chi connectivity index (χ1v) is 9.59. The molecule has 134 valence electrons. The van der Waals surface area contributed by atoms with Gasteiger partial charge in [0.2, 0.25) is 5.95 Å². The molecule has 1 aromatic heterocycles. The Bertz CT molecular complexity index is 1050. The van der Waals surface area contributed by atoms with Crippen molar-refractivity contribution < 1.29 is 0 Å². The number of fused-ring (bicyclic) bond motifs is 1. The highest BCUT2D eigenvalue weighted by Gasteiger charge is 2.11. The zero-order chi connectivity index (χ0) is 18.6. The Morgan fingerprint density at radius 2 is 1.52 bits per heavy atom. The Morgan fingerprint density at radius 3 is 2.30 bits per heavy atom. The van der Waals surface area contributed by atoms with Gasteiger partial charge in [-0.15, -0.1) is 0 Å². The first-order valence-electron chi connectivity index (χ1n) is 8.80. The van der Waals surface area contributed by atoms with Crippen molar-refractivity contribution >= 4 is 44.3 Å². The summed E-state index contributed by atoms with van der Waals surface area (Å²) in [4.78, 5) is 9.40. The Labute approximate surface area is 166 Å². The molecule has 1 atom stereocenters. The summed E-state index contributed by atoms with van der Waals surface area (Å²) in [5, 5.41) is 7.83. The third kappa shape index (κ3) is 4.09. The number of rotatable bonds is 5. The van der Waals surface area contributed by atoms with Crippen molar-refractivity contribution in [3.05, 3.63) is 88.9 Å².